The first-order valence-corrected chi connectivity index (χ1v) is 15.2. The number of fused-ring (bicyclic) bond motifs is 2. The van der Waals surface area contributed by atoms with Crippen molar-refractivity contribution < 1.29 is 36.9 Å². The van der Waals surface area contributed by atoms with Crippen LogP contribution in [0.25, 0.3) is 11.0 Å². The third-order valence-corrected chi connectivity index (χ3v) is 9.08. The van der Waals surface area contributed by atoms with Gasteiger partial charge >= 0.3 is 12.1 Å². The van der Waals surface area contributed by atoms with Crippen molar-refractivity contribution in [3.8, 4) is 5.88 Å². The number of rotatable bonds is 9. The van der Waals surface area contributed by atoms with Crippen molar-refractivity contribution in [1.29, 1.82) is 0 Å². The summed E-state index contributed by atoms with van der Waals surface area (Å²) in [6, 6.07) is 10.9. The molecule has 1 aliphatic carbocycles. The molecule has 0 unspecified atom stereocenters. The molecule has 8 nitrogen and oxygen atoms in total. The minimum Gasteiger partial charge on any atom is -0.478 e. The summed E-state index contributed by atoms with van der Waals surface area (Å²) < 4.78 is 70.5. The van der Waals surface area contributed by atoms with Gasteiger partial charge in [0.1, 0.15) is 23.5 Å². The first-order valence-electron chi connectivity index (χ1n) is 15.2. The molecule has 0 bridgehead atoms. The van der Waals surface area contributed by atoms with Gasteiger partial charge in [0.25, 0.3) is 0 Å². The lowest BCUT2D eigenvalue weighted by Gasteiger charge is -2.35. The lowest BCUT2D eigenvalue weighted by atomic mass is 9.97. The van der Waals surface area contributed by atoms with Gasteiger partial charge in [0.05, 0.1) is 42.0 Å². The molecule has 1 N–H and O–H groups in total. The second-order valence-corrected chi connectivity index (χ2v) is 12.1. The number of aromatic carboxylic acids is 1. The highest BCUT2D eigenvalue weighted by atomic mass is 19.4. The summed E-state index contributed by atoms with van der Waals surface area (Å²) in [5, 5.41) is 9.51. The number of nitrogens with zero attached hydrogens (tertiary/aromatic N) is 4. The Morgan fingerprint density at radius 2 is 1.87 bits per heavy atom. The fourth-order valence-corrected chi connectivity index (χ4v) is 6.22. The third kappa shape index (κ3) is 5.88. The number of imidazole rings is 1. The number of pyridine rings is 1. The van der Waals surface area contributed by atoms with Crippen molar-refractivity contribution in [3.05, 3.63) is 87.6 Å². The minimum atomic E-state index is -4.64. The minimum absolute atomic E-state index is 0.0466. The van der Waals surface area contributed by atoms with Gasteiger partial charge in [-0.1, -0.05) is 24.3 Å². The Balaban J connectivity index is 1.17. The highest BCUT2D eigenvalue weighted by Crippen LogP contribution is 2.41. The van der Waals surface area contributed by atoms with Gasteiger partial charge in [-0.25, -0.2) is 19.2 Å². The lowest BCUT2D eigenvalue weighted by molar-refractivity contribution is -0.139. The van der Waals surface area contributed by atoms with E-state index in [1.54, 1.807) is 4.57 Å². The van der Waals surface area contributed by atoms with Gasteiger partial charge < -0.3 is 19.1 Å². The summed E-state index contributed by atoms with van der Waals surface area (Å²) in [6.07, 6.45) is -1.29. The lowest BCUT2D eigenvalue weighted by Crippen LogP contribution is -2.36. The molecular formula is C33H32F4N4O4. The Labute approximate surface area is 256 Å². The van der Waals surface area contributed by atoms with E-state index in [9.17, 15) is 23.1 Å². The van der Waals surface area contributed by atoms with Gasteiger partial charge in [-0.3, -0.25) is 4.90 Å². The number of carboxylic acid groups (broad SMARTS) is 1. The van der Waals surface area contributed by atoms with Crippen LogP contribution in [0.15, 0.2) is 42.5 Å². The molecule has 0 radical (unpaired) electrons. The Morgan fingerprint density at radius 3 is 2.51 bits per heavy atom. The number of alkyl halides is 3. The molecule has 1 saturated carbocycles. The zero-order valence-corrected chi connectivity index (χ0v) is 24.6. The predicted molar refractivity (Wildman–Crippen MR) is 156 cm³/mol. The van der Waals surface area contributed by atoms with Crippen molar-refractivity contribution in [2.24, 2.45) is 0 Å². The normalized spacial score (nSPS) is 20.2. The molecule has 1 saturated heterocycles. The Bertz CT molecular complexity index is 1760. The first kappa shape index (κ1) is 29.7. The Morgan fingerprint density at radius 1 is 1.11 bits per heavy atom. The van der Waals surface area contributed by atoms with Crippen LogP contribution >= 0.6 is 0 Å². The average molecular weight is 625 g/mol. The second kappa shape index (κ2) is 11.4. The van der Waals surface area contributed by atoms with E-state index in [0.717, 1.165) is 37.0 Å². The van der Waals surface area contributed by atoms with Gasteiger partial charge in [-0.15, -0.1) is 0 Å². The van der Waals surface area contributed by atoms with E-state index in [4.69, 9.17) is 9.47 Å². The maximum atomic E-state index is 15.0. The van der Waals surface area contributed by atoms with Crippen molar-refractivity contribution in [2.45, 2.75) is 76.5 Å². The van der Waals surface area contributed by atoms with Crippen LogP contribution in [0, 0.1) is 5.82 Å². The molecule has 2 aliphatic heterocycles. The topological polar surface area (TPSA) is 89.7 Å². The number of halogens is 4. The smallest absolute Gasteiger partial charge is 0.421 e. The summed E-state index contributed by atoms with van der Waals surface area (Å²) in [7, 11) is 0. The monoisotopic (exact) mass is 624 g/mol. The molecule has 3 aliphatic rings. The molecule has 4 aromatic rings. The standard InChI is InChI=1S/C33H32F4N4O4/c1-18-29-22(12-25(33(35,36)37)31(39-29)45-17-19-2-4-20(5-3-19)21-6-7-21)8-10-40(18)16-28-38-30-26(34)13-23(32(42)43)14-27(30)41(28)15-24-9-11-44-24/h2-5,12-14,18,21,24H,6-11,15-17H2,1H3,(H,42,43)/t18-,24-/m0/s1. The van der Waals surface area contributed by atoms with E-state index in [1.165, 1.54) is 11.6 Å². The molecule has 0 spiro atoms. The summed E-state index contributed by atoms with van der Waals surface area (Å²) in [5.74, 6) is -1.35. The SMILES string of the molecule is C[C@H]1c2nc(OCc3ccc(C4CC4)cc3)c(C(F)(F)F)cc2CCN1Cc1nc2c(F)cc(C(=O)O)cc2n1C[C@@H]1CCO1. The molecular weight excluding hydrogens is 592 g/mol. The quantitative estimate of drug-likeness (QED) is 0.209. The van der Waals surface area contributed by atoms with Crippen LogP contribution in [0.1, 0.15) is 82.3 Å². The number of ether oxygens (including phenoxy) is 2. The Hall–Kier alpha value is -4.03. The average Bonchev–Trinajstić information content (AvgIpc) is 3.77. The summed E-state index contributed by atoms with van der Waals surface area (Å²) >= 11 is 0. The van der Waals surface area contributed by atoms with Gasteiger partial charge in [0.15, 0.2) is 5.82 Å². The maximum Gasteiger partial charge on any atom is 0.421 e. The van der Waals surface area contributed by atoms with Crippen LogP contribution in [0.3, 0.4) is 0 Å². The van der Waals surface area contributed by atoms with Crippen molar-refractivity contribution >= 4 is 17.0 Å². The van der Waals surface area contributed by atoms with Crippen LogP contribution in [0.2, 0.25) is 0 Å². The largest absolute Gasteiger partial charge is 0.478 e. The first-order chi connectivity index (χ1) is 21.5. The van der Waals surface area contributed by atoms with Crippen molar-refractivity contribution in [1.82, 2.24) is 19.4 Å². The molecule has 2 aromatic carbocycles. The second-order valence-electron chi connectivity index (χ2n) is 12.1. The molecule has 2 fully saturated rings. The van der Waals surface area contributed by atoms with E-state index in [-0.39, 0.29) is 30.3 Å². The van der Waals surface area contributed by atoms with Crippen LogP contribution < -0.4 is 4.74 Å². The number of hydrogen-bond donors (Lipinski definition) is 1. The fraction of sp³-hybridized carbons (Fsp3) is 0.424. The van der Waals surface area contributed by atoms with Gasteiger partial charge in [0, 0.05) is 13.2 Å². The van der Waals surface area contributed by atoms with E-state index >= 15 is 4.39 Å². The number of carboxylic acids is 1. The highest BCUT2D eigenvalue weighted by Gasteiger charge is 2.39. The number of benzene rings is 2. The summed E-state index contributed by atoms with van der Waals surface area (Å²) in [6.45, 7) is 3.48. The molecule has 2 atom stereocenters. The van der Waals surface area contributed by atoms with Gasteiger partial charge in [-0.2, -0.15) is 13.2 Å². The van der Waals surface area contributed by atoms with Crippen LogP contribution in [-0.2, 0) is 37.0 Å². The predicted octanol–water partition coefficient (Wildman–Crippen LogP) is 6.65. The van der Waals surface area contributed by atoms with Crippen molar-refractivity contribution in [3.63, 3.8) is 0 Å². The van der Waals surface area contributed by atoms with Crippen LogP contribution in [0.5, 0.6) is 5.88 Å². The van der Waals surface area contributed by atoms with E-state index in [1.807, 2.05) is 36.1 Å². The van der Waals surface area contributed by atoms with E-state index in [2.05, 4.69) is 9.97 Å². The molecule has 2 aromatic heterocycles. The molecule has 236 valence electrons. The Kier molecular flexibility index (Phi) is 7.52. The van der Waals surface area contributed by atoms with Crippen LogP contribution in [0.4, 0.5) is 17.6 Å². The van der Waals surface area contributed by atoms with Gasteiger partial charge in [-0.05, 0) is 73.4 Å². The number of hydrogen-bond acceptors (Lipinski definition) is 6. The van der Waals surface area contributed by atoms with Crippen LogP contribution in [-0.4, -0.2) is 49.8 Å². The van der Waals surface area contributed by atoms with E-state index < -0.39 is 35.4 Å². The molecule has 4 heterocycles. The fourth-order valence-electron chi connectivity index (χ4n) is 6.22. The summed E-state index contributed by atoms with van der Waals surface area (Å²) in [4.78, 5) is 22.7. The molecule has 7 rings (SSSR count). The zero-order chi connectivity index (χ0) is 31.5. The summed E-state index contributed by atoms with van der Waals surface area (Å²) in [5.41, 5.74) is 2.31. The highest BCUT2D eigenvalue weighted by molar-refractivity contribution is 5.92. The van der Waals surface area contributed by atoms with E-state index in [0.29, 0.717) is 54.6 Å². The number of carbonyl (C=O) groups is 1. The third-order valence-electron chi connectivity index (χ3n) is 9.08. The van der Waals surface area contributed by atoms with Gasteiger partial charge in [0.2, 0.25) is 5.88 Å². The molecule has 0 amide bonds. The molecule has 12 heteroatoms. The molecule has 45 heavy (non-hydrogen) atoms. The zero-order valence-electron chi connectivity index (χ0n) is 24.6. The maximum absolute atomic E-state index is 15.0. The number of aromatic nitrogens is 3. The van der Waals surface area contributed by atoms with Crippen molar-refractivity contribution in [2.75, 3.05) is 13.2 Å².